The maximum Gasteiger partial charge on any atom is 0.344 e. The molecule has 7 nitrogen and oxygen atoms in total. The number of anilines is 1. The van der Waals surface area contributed by atoms with Crippen LogP contribution in [-0.2, 0) is 11.2 Å². The van der Waals surface area contributed by atoms with E-state index in [0.29, 0.717) is 16.4 Å². The Labute approximate surface area is 338 Å². The van der Waals surface area contributed by atoms with E-state index in [-0.39, 0.29) is 16.9 Å². The lowest BCUT2D eigenvalue weighted by Crippen LogP contribution is -2.23. The van der Waals surface area contributed by atoms with Gasteiger partial charge in [0.2, 0.25) is 5.13 Å². The van der Waals surface area contributed by atoms with E-state index in [0.717, 1.165) is 61.6 Å². The topological polar surface area (TPSA) is 81.1 Å². The standard InChI is InChI=1S/C49H36FN3O4S/c1-4-9-31-12-13-37-27-36(19-18-35(37)26-31)32-14-16-33(17-15-32)38-20-24-44(43(50)29-38)57-48(55)42-23-22-40(56-6-3)28-39(42)30-51-53(46(54)5-2)49-52-47-41-11-8-7-10-34(41)21-25-45(47)58-49/h5-8,10-30H,2-4,9H2,1H3/b51-30+. The maximum absolute atomic E-state index is 15.6. The zero-order chi connectivity index (χ0) is 40.2. The molecule has 0 saturated carbocycles. The van der Waals surface area contributed by atoms with E-state index in [1.54, 1.807) is 12.1 Å². The lowest BCUT2D eigenvalue weighted by molar-refractivity contribution is -0.114. The minimum absolute atomic E-state index is 0.0515. The van der Waals surface area contributed by atoms with Gasteiger partial charge < -0.3 is 9.47 Å². The Bertz CT molecular complexity index is 2920. The third-order valence-corrected chi connectivity index (χ3v) is 10.7. The number of carbonyl (C=O) groups is 2. The molecule has 58 heavy (non-hydrogen) atoms. The molecule has 1 heterocycles. The Kier molecular flexibility index (Phi) is 10.7. The Morgan fingerprint density at radius 1 is 0.793 bits per heavy atom. The smallest absolute Gasteiger partial charge is 0.344 e. The van der Waals surface area contributed by atoms with Gasteiger partial charge in [0.1, 0.15) is 5.75 Å². The third kappa shape index (κ3) is 7.76. The fourth-order valence-electron chi connectivity index (χ4n) is 6.84. The fourth-order valence-corrected chi connectivity index (χ4v) is 7.79. The van der Waals surface area contributed by atoms with Crippen molar-refractivity contribution in [3.05, 3.63) is 181 Å². The van der Waals surface area contributed by atoms with E-state index in [9.17, 15) is 9.59 Å². The van der Waals surface area contributed by atoms with Gasteiger partial charge in [0.15, 0.2) is 11.6 Å². The van der Waals surface area contributed by atoms with Gasteiger partial charge in [-0.25, -0.2) is 14.2 Å². The Morgan fingerprint density at radius 3 is 2.26 bits per heavy atom. The molecule has 0 spiro atoms. The average molecular weight is 782 g/mol. The molecule has 0 atom stereocenters. The van der Waals surface area contributed by atoms with Crippen LogP contribution in [0.4, 0.5) is 9.52 Å². The van der Waals surface area contributed by atoms with Crippen molar-refractivity contribution in [3.8, 4) is 33.8 Å². The second-order valence-corrected chi connectivity index (χ2v) is 14.5. The Morgan fingerprint density at radius 2 is 1.50 bits per heavy atom. The summed E-state index contributed by atoms with van der Waals surface area (Å²) in [6.45, 7) is 9.42. The molecule has 0 aliphatic rings. The third-order valence-electron chi connectivity index (χ3n) is 9.74. The number of amides is 1. The summed E-state index contributed by atoms with van der Waals surface area (Å²) in [6, 6.07) is 41.8. The van der Waals surface area contributed by atoms with Gasteiger partial charge in [-0.3, -0.25) is 4.79 Å². The molecule has 0 aliphatic heterocycles. The van der Waals surface area contributed by atoms with Crippen molar-refractivity contribution in [1.29, 1.82) is 0 Å². The van der Waals surface area contributed by atoms with Crippen LogP contribution in [0.1, 0.15) is 34.8 Å². The van der Waals surface area contributed by atoms with Crippen LogP contribution >= 0.6 is 11.3 Å². The summed E-state index contributed by atoms with van der Waals surface area (Å²) in [4.78, 5) is 31.5. The highest BCUT2D eigenvalue weighted by atomic mass is 32.1. The normalized spacial score (nSPS) is 11.3. The first-order chi connectivity index (χ1) is 28.3. The van der Waals surface area contributed by atoms with Gasteiger partial charge >= 0.3 is 5.97 Å². The average Bonchev–Trinajstić information content (AvgIpc) is 3.69. The summed E-state index contributed by atoms with van der Waals surface area (Å²) < 4.78 is 27.5. The molecule has 0 unspecified atom stereocenters. The number of thiazole rings is 1. The molecule has 1 amide bonds. The highest BCUT2D eigenvalue weighted by Crippen LogP contribution is 2.35. The fraction of sp³-hybridized carbons (Fsp3) is 0.0612. The van der Waals surface area contributed by atoms with Crippen molar-refractivity contribution < 1.29 is 23.5 Å². The van der Waals surface area contributed by atoms with Crippen molar-refractivity contribution in [2.75, 3.05) is 5.01 Å². The number of ether oxygens (including phenoxy) is 2. The number of esters is 1. The predicted octanol–water partition coefficient (Wildman–Crippen LogP) is 12.3. The highest BCUT2D eigenvalue weighted by Gasteiger charge is 2.21. The number of fused-ring (bicyclic) bond motifs is 4. The summed E-state index contributed by atoms with van der Waals surface area (Å²) in [5, 5.41) is 10.2. The quantitative estimate of drug-likeness (QED) is 0.0308. The van der Waals surface area contributed by atoms with Crippen LogP contribution in [0.5, 0.6) is 11.5 Å². The summed E-state index contributed by atoms with van der Waals surface area (Å²) in [5.41, 5.74) is 5.93. The number of hydrogen-bond donors (Lipinski definition) is 0. The Balaban J connectivity index is 1.03. The molecule has 0 bridgehead atoms. The molecule has 1 aromatic heterocycles. The molecule has 0 aliphatic carbocycles. The molecular weight excluding hydrogens is 746 g/mol. The number of hydrogen-bond acceptors (Lipinski definition) is 7. The van der Waals surface area contributed by atoms with E-state index in [4.69, 9.17) is 14.5 Å². The van der Waals surface area contributed by atoms with Gasteiger partial charge in [0.25, 0.3) is 5.91 Å². The van der Waals surface area contributed by atoms with Crippen molar-refractivity contribution in [3.63, 3.8) is 0 Å². The zero-order valence-electron chi connectivity index (χ0n) is 31.5. The number of rotatable bonds is 12. The summed E-state index contributed by atoms with van der Waals surface area (Å²) in [7, 11) is 0. The van der Waals surface area contributed by atoms with Crippen LogP contribution in [0, 0.1) is 5.82 Å². The lowest BCUT2D eigenvalue weighted by atomic mass is 9.97. The highest BCUT2D eigenvalue weighted by molar-refractivity contribution is 7.22. The molecule has 8 aromatic rings. The first kappa shape index (κ1) is 37.7. The number of nitrogens with zero attached hydrogens (tertiary/aromatic N) is 3. The molecule has 7 aromatic carbocycles. The molecule has 0 saturated heterocycles. The molecule has 0 N–H and O–H groups in total. The zero-order valence-corrected chi connectivity index (χ0v) is 32.3. The minimum Gasteiger partial charge on any atom is -0.466 e. The van der Waals surface area contributed by atoms with Crippen LogP contribution in [0.15, 0.2) is 164 Å². The van der Waals surface area contributed by atoms with Crippen LogP contribution in [-0.4, -0.2) is 23.1 Å². The lowest BCUT2D eigenvalue weighted by Gasteiger charge is -2.13. The van der Waals surface area contributed by atoms with Crippen LogP contribution in [0.3, 0.4) is 0 Å². The number of carbonyl (C=O) groups excluding carboxylic acids is 2. The molecule has 9 heteroatoms. The predicted molar refractivity (Wildman–Crippen MR) is 233 cm³/mol. The van der Waals surface area contributed by atoms with Crippen LogP contribution in [0.25, 0.3) is 54.0 Å². The maximum atomic E-state index is 15.6. The Hall–Kier alpha value is -7.23. The van der Waals surface area contributed by atoms with Crippen LogP contribution in [0.2, 0.25) is 0 Å². The van der Waals surface area contributed by atoms with Gasteiger partial charge in [-0.2, -0.15) is 10.1 Å². The summed E-state index contributed by atoms with van der Waals surface area (Å²) in [6.07, 6.45) is 5.86. The van der Waals surface area contributed by atoms with Gasteiger partial charge in [-0.05, 0) is 98.9 Å². The summed E-state index contributed by atoms with van der Waals surface area (Å²) in [5.74, 6) is -1.98. The van der Waals surface area contributed by atoms with Gasteiger partial charge in [0, 0.05) is 10.9 Å². The van der Waals surface area contributed by atoms with E-state index >= 15 is 4.39 Å². The monoisotopic (exact) mass is 781 g/mol. The van der Waals surface area contributed by atoms with E-state index in [1.165, 1.54) is 64.4 Å². The first-order valence-electron chi connectivity index (χ1n) is 18.7. The van der Waals surface area contributed by atoms with Gasteiger partial charge in [-0.1, -0.05) is 129 Å². The van der Waals surface area contributed by atoms with E-state index < -0.39 is 17.7 Å². The van der Waals surface area contributed by atoms with Crippen molar-refractivity contribution in [2.45, 2.75) is 19.8 Å². The van der Waals surface area contributed by atoms with Crippen molar-refractivity contribution >= 4 is 66.3 Å². The first-order valence-corrected chi connectivity index (χ1v) is 19.5. The minimum atomic E-state index is -0.840. The van der Waals surface area contributed by atoms with E-state index in [1.807, 2.05) is 60.7 Å². The molecule has 0 fully saturated rings. The summed E-state index contributed by atoms with van der Waals surface area (Å²) >= 11 is 1.29. The van der Waals surface area contributed by atoms with Crippen molar-refractivity contribution in [1.82, 2.24) is 4.98 Å². The number of benzene rings is 7. The number of halogens is 1. The SMILES string of the molecule is C=COc1ccc(C(=O)Oc2ccc(-c3ccc(-c4ccc5cc(CCC)ccc5c4)cc3)cc2F)c(/C=N/N(C(=O)C=C)c2nc3c(ccc4ccccc43)s2)c1. The molecule has 8 rings (SSSR count). The van der Waals surface area contributed by atoms with Crippen LogP contribution < -0.4 is 14.5 Å². The van der Waals surface area contributed by atoms with E-state index in [2.05, 4.69) is 61.6 Å². The second kappa shape index (κ2) is 16.5. The molecule has 284 valence electrons. The number of hydrazone groups is 1. The van der Waals surface area contributed by atoms with Crippen molar-refractivity contribution in [2.24, 2.45) is 5.10 Å². The van der Waals surface area contributed by atoms with Gasteiger partial charge in [-0.15, -0.1) is 0 Å². The number of aromatic nitrogens is 1. The molecular formula is C49H36FN3O4S. The molecule has 0 radical (unpaired) electrons. The largest absolute Gasteiger partial charge is 0.466 e. The van der Waals surface area contributed by atoms with Gasteiger partial charge in [0.05, 0.1) is 28.3 Å². The number of aryl methyl sites for hydroxylation is 1. The second-order valence-electron chi connectivity index (χ2n) is 13.5.